The number of amides is 1. The molecule has 17 heavy (non-hydrogen) atoms. The van der Waals surface area contributed by atoms with Gasteiger partial charge in [-0.3, -0.25) is 9.48 Å². The van der Waals surface area contributed by atoms with Crippen LogP contribution in [-0.2, 0) is 17.9 Å². The lowest BCUT2D eigenvalue weighted by Crippen LogP contribution is -2.27. The highest BCUT2D eigenvalue weighted by Crippen LogP contribution is 2.21. The SMILES string of the molecule is Nc1cnn(CC(=O)NCc2sccc2Br)c1. The van der Waals surface area contributed by atoms with Gasteiger partial charge in [0, 0.05) is 15.5 Å². The summed E-state index contributed by atoms with van der Waals surface area (Å²) in [5.74, 6) is -0.0894. The Bertz CT molecular complexity index is 522. The van der Waals surface area contributed by atoms with Crippen molar-refractivity contribution in [2.75, 3.05) is 5.73 Å². The first-order valence-electron chi connectivity index (χ1n) is 4.91. The van der Waals surface area contributed by atoms with Gasteiger partial charge in [0.2, 0.25) is 5.91 Å². The molecule has 2 rings (SSSR count). The minimum absolute atomic E-state index is 0.0894. The molecular formula is C10H11BrN4OS. The molecule has 0 bridgehead atoms. The number of carbonyl (C=O) groups is 1. The van der Waals surface area contributed by atoms with Gasteiger partial charge < -0.3 is 11.1 Å². The Labute approximate surface area is 111 Å². The van der Waals surface area contributed by atoms with Crippen LogP contribution in [0.5, 0.6) is 0 Å². The Morgan fingerprint density at radius 3 is 3.06 bits per heavy atom. The number of aromatic nitrogens is 2. The number of hydrogen-bond donors (Lipinski definition) is 2. The largest absolute Gasteiger partial charge is 0.396 e. The first-order chi connectivity index (χ1) is 8.15. The average molecular weight is 315 g/mol. The quantitative estimate of drug-likeness (QED) is 0.900. The van der Waals surface area contributed by atoms with Gasteiger partial charge in [-0.05, 0) is 27.4 Å². The van der Waals surface area contributed by atoms with E-state index in [2.05, 4.69) is 26.3 Å². The van der Waals surface area contributed by atoms with E-state index in [1.807, 2.05) is 11.4 Å². The molecule has 2 aromatic rings. The smallest absolute Gasteiger partial charge is 0.242 e. The second-order valence-corrected chi connectivity index (χ2v) is 5.29. The fourth-order valence-corrected chi connectivity index (χ4v) is 2.73. The predicted molar refractivity (Wildman–Crippen MR) is 70.5 cm³/mol. The van der Waals surface area contributed by atoms with Crippen molar-refractivity contribution in [1.82, 2.24) is 15.1 Å². The molecule has 0 aliphatic heterocycles. The monoisotopic (exact) mass is 314 g/mol. The van der Waals surface area contributed by atoms with Crippen molar-refractivity contribution in [2.24, 2.45) is 0 Å². The molecule has 2 aromatic heterocycles. The highest BCUT2D eigenvalue weighted by atomic mass is 79.9. The second kappa shape index (κ2) is 5.33. The zero-order chi connectivity index (χ0) is 12.3. The van der Waals surface area contributed by atoms with E-state index in [-0.39, 0.29) is 12.5 Å². The molecule has 90 valence electrons. The number of carbonyl (C=O) groups excluding carboxylic acids is 1. The number of rotatable bonds is 4. The molecule has 0 saturated heterocycles. The van der Waals surface area contributed by atoms with Gasteiger partial charge in [-0.15, -0.1) is 11.3 Å². The van der Waals surface area contributed by atoms with E-state index in [4.69, 9.17) is 5.73 Å². The topological polar surface area (TPSA) is 72.9 Å². The van der Waals surface area contributed by atoms with Crippen LogP contribution >= 0.6 is 27.3 Å². The second-order valence-electron chi connectivity index (χ2n) is 3.44. The van der Waals surface area contributed by atoms with Crippen molar-refractivity contribution in [2.45, 2.75) is 13.1 Å². The van der Waals surface area contributed by atoms with Gasteiger partial charge in [-0.1, -0.05) is 0 Å². The fraction of sp³-hybridized carbons (Fsp3) is 0.200. The van der Waals surface area contributed by atoms with Gasteiger partial charge in [0.15, 0.2) is 0 Å². The van der Waals surface area contributed by atoms with Gasteiger partial charge in [0.05, 0.1) is 18.4 Å². The third-order valence-corrected chi connectivity index (χ3v) is 4.02. The van der Waals surface area contributed by atoms with Crippen LogP contribution in [-0.4, -0.2) is 15.7 Å². The Morgan fingerprint density at radius 1 is 1.65 bits per heavy atom. The number of thiophene rings is 1. The van der Waals surface area contributed by atoms with Crippen LogP contribution in [0, 0.1) is 0 Å². The average Bonchev–Trinajstić information content (AvgIpc) is 2.85. The van der Waals surface area contributed by atoms with Crippen LogP contribution in [0.25, 0.3) is 0 Å². The highest BCUT2D eigenvalue weighted by Gasteiger charge is 2.06. The lowest BCUT2D eigenvalue weighted by atomic mass is 10.4. The summed E-state index contributed by atoms with van der Waals surface area (Å²) in [6.45, 7) is 0.702. The molecule has 0 radical (unpaired) electrons. The van der Waals surface area contributed by atoms with Crippen LogP contribution in [0.4, 0.5) is 5.69 Å². The van der Waals surface area contributed by atoms with E-state index in [0.29, 0.717) is 12.2 Å². The molecule has 0 fully saturated rings. The van der Waals surface area contributed by atoms with E-state index in [1.165, 1.54) is 10.9 Å². The van der Waals surface area contributed by atoms with Crippen molar-refractivity contribution in [3.8, 4) is 0 Å². The van der Waals surface area contributed by atoms with Crippen molar-refractivity contribution < 1.29 is 4.79 Å². The van der Waals surface area contributed by atoms with Gasteiger partial charge in [-0.2, -0.15) is 5.10 Å². The summed E-state index contributed by atoms with van der Waals surface area (Å²) >= 11 is 5.01. The van der Waals surface area contributed by atoms with Crippen LogP contribution in [0.2, 0.25) is 0 Å². The molecule has 3 N–H and O–H groups in total. The maximum absolute atomic E-state index is 11.6. The number of nitrogens with zero attached hydrogens (tertiary/aromatic N) is 2. The Kier molecular flexibility index (Phi) is 3.80. The van der Waals surface area contributed by atoms with Gasteiger partial charge in [0.1, 0.15) is 6.54 Å². The summed E-state index contributed by atoms with van der Waals surface area (Å²) in [5.41, 5.74) is 6.06. The van der Waals surface area contributed by atoms with E-state index in [9.17, 15) is 4.79 Å². The molecule has 5 nitrogen and oxygen atoms in total. The van der Waals surface area contributed by atoms with Crippen molar-refractivity contribution in [3.63, 3.8) is 0 Å². The number of nitrogens with two attached hydrogens (primary N) is 1. The summed E-state index contributed by atoms with van der Waals surface area (Å²) in [6, 6.07) is 1.96. The molecule has 0 spiro atoms. The zero-order valence-electron chi connectivity index (χ0n) is 8.89. The number of halogens is 1. The van der Waals surface area contributed by atoms with E-state index in [1.54, 1.807) is 17.5 Å². The number of hydrogen-bond acceptors (Lipinski definition) is 4. The number of nitrogen functional groups attached to an aromatic ring is 1. The lowest BCUT2D eigenvalue weighted by molar-refractivity contribution is -0.122. The van der Waals surface area contributed by atoms with E-state index in [0.717, 1.165) is 9.35 Å². The molecule has 0 unspecified atom stereocenters. The fourth-order valence-electron chi connectivity index (χ4n) is 1.30. The molecule has 1 amide bonds. The maximum Gasteiger partial charge on any atom is 0.242 e. The summed E-state index contributed by atoms with van der Waals surface area (Å²) < 4.78 is 2.53. The molecule has 0 saturated carbocycles. The first kappa shape index (κ1) is 12.1. The number of nitrogens with one attached hydrogen (secondary N) is 1. The minimum atomic E-state index is -0.0894. The molecule has 0 aliphatic carbocycles. The molecule has 2 heterocycles. The number of anilines is 1. The Hall–Kier alpha value is -1.34. The van der Waals surface area contributed by atoms with Crippen molar-refractivity contribution >= 4 is 38.9 Å². The summed E-state index contributed by atoms with van der Waals surface area (Å²) in [5, 5.41) is 8.74. The molecule has 7 heteroatoms. The minimum Gasteiger partial charge on any atom is -0.396 e. The normalized spacial score (nSPS) is 10.4. The summed E-state index contributed by atoms with van der Waals surface area (Å²) in [6.07, 6.45) is 3.14. The van der Waals surface area contributed by atoms with Crippen LogP contribution in [0.3, 0.4) is 0 Å². The van der Waals surface area contributed by atoms with Crippen LogP contribution < -0.4 is 11.1 Å². The molecule has 0 atom stereocenters. The molecule has 0 aliphatic rings. The van der Waals surface area contributed by atoms with Gasteiger partial charge in [-0.25, -0.2) is 0 Å². The summed E-state index contributed by atoms with van der Waals surface area (Å²) in [4.78, 5) is 12.7. The highest BCUT2D eigenvalue weighted by molar-refractivity contribution is 9.10. The third kappa shape index (κ3) is 3.31. The van der Waals surface area contributed by atoms with Gasteiger partial charge in [0.25, 0.3) is 0 Å². The Balaban J connectivity index is 1.84. The first-order valence-corrected chi connectivity index (χ1v) is 6.59. The van der Waals surface area contributed by atoms with Crippen molar-refractivity contribution in [3.05, 3.63) is 33.2 Å². The van der Waals surface area contributed by atoms with Crippen LogP contribution in [0.1, 0.15) is 4.88 Å². The van der Waals surface area contributed by atoms with Crippen molar-refractivity contribution in [1.29, 1.82) is 0 Å². The molecular weight excluding hydrogens is 304 g/mol. The zero-order valence-corrected chi connectivity index (χ0v) is 11.3. The third-order valence-electron chi connectivity index (χ3n) is 2.10. The standard InChI is InChI=1S/C10H11BrN4OS/c11-8-1-2-17-9(8)4-13-10(16)6-15-5-7(12)3-14-15/h1-3,5H,4,6,12H2,(H,13,16). The van der Waals surface area contributed by atoms with E-state index >= 15 is 0 Å². The predicted octanol–water partition coefficient (Wildman–Crippen LogP) is 1.61. The van der Waals surface area contributed by atoms with Crippen LogP contribution in [0.15, 0.2) is 28.3 Å². The summed E-state index contributed by atoms with van der Waals surface area (Å²) in [7, 11) is 0. The molecule has 0 aromatic carbocycles. The van der Waals surface area contributed by atoms with Gasteiger partial charge >= 0.3 is 0 Å². The maximum atomic E-state index is 11.6. The Morgan fingerprint density at radius 2 is 2.47 bits per heavy atom. The lowest BCUT2D eigenvalue weighted by Gasteiger charge is -2.04. The van der Waals surface area contributed by atoms with E-state index < -0.39 is 0 Å².